The Morgan fingerprint density at radius 1 is 0.358 bits per heavy atom. The normalized spacial score (nSPS) is 13.0. The molecule has 4 aromatic carbocycles. The van der Waals surface area contributed by atoms with Gasteiger partial charge in [-0.25, -0.2) is 0 Å². The first kappa shape index (κ1) is 41.8. The van der Waals surface area contributed by atoms with Crippen LogP contribution >= 0.6 is 0 Å². The van der Waals surface area contributed by atoms with E-state index in [4.69, 9.17) is 0 Å². The number of benzene rings is 4. The molecule has 53 heavy (non-hydrogen) atoms. The van der Waals surface area contributed by atoms with Crippen molar-refractivity contribution in [3.63, 3.8) is 0 Å². The molecule has 0 saturated heterocycles. The highest BCUT2D eigenvalue weighted by Crippen LogP contribution is 2.47. The molecule has 0 unspecified atom stereocenters. The Balaban J connectivity index is 1.95. The Labute approximate surface area is 321 Å². The molecule has 0 fully saturated rings. The second kappa shape index (κ2) is 14.7. The summed E-state index contributed by atoms with van der Waals surface area (Å²) in [6.07, 6.45) is 2.60. The molecule has 0 aliphatic carbocycles. The molecule has 0 saturated carbocycles. The first-order valence-corrected chi connectivity index (χ1v) is 19.5. The fraction of sp³-hybridized carbons (Fsp3) is 0.510. The van der Waals surface area contributed by atoms with E-state index in [1.165, 1.54) is 22.3 Å². The van der Waals surface area contributed by atoms with Gasteiger partial charge in [0.15, 0.2) is 0 Å². The van der Waals surface area contributed by atoms with Crippen molar-refractivity contribution in [1.82, 2.24) is 0 Å². The predicted octanol–water partition coefficient (Wildman–Crippen LogP) is 13.1. The van der Waals surface area contributed by atoms with Gasteiger partial charge in [0.2, 0.25) is 0 Å². The number of phenols is 4. The van der Waals surface area contributed by atoms with E-state index in [1.54, 1.807) is 0 Å². The maximum atomic E-state index is 11.1. The summed E-state index contributed by atoms with van der Waals surface area (Å²) < 4.78 is 0. The predicted molar refractivity (Wildman–Crippen MR) is 224 cm³/mol. The third kappa shape index (κ3) is 8.43. The lowest BCUT2D eigenvalue weighted by Crippen LogP contribution is -2.19. The molecule has 0 amide bonds. The molecule has 0 bridgehead atoms. The van der Waals surface area contributed by atoms with Crippen LogP contribution in [0.2, 0.25) is 0 Å². The van der Waals surface area contributed by atoms with Crippen LogP contribution in [0.5, 0.6) is 23.0 Å². The second-order valence-electron chi connectivity index (χ2n) is 19.7. The molecule has 0 radical (unpaired) electrons. The van der Waals surface area contributed by atoms with E-state index >= 15 is 0 Å². The Kier molecular flexibility index (Phi) is 11.6. The molecule has 288 valence electrons. The van der Waals surface area contributed by atoms with Crippen LogP contribution in [0.4, 0.5) is 0 Å². The Bertz CT molecular complexity index is 1690. The molecular formula is C49H68O4. The average molecular weight is 721 g/mol. The number of rotatable bonds is 8. The van der Waals surface area contributed by atoms with Crippen LogP contribution in [0.1, 0.15) is 181 Å². The van der Waals surface area contributed by atoms with Gasteiger partial charge in [-0.05, 0) is 131 Å². The largest absolute Gasteiger partial charge is 0.508 e. The van der Waals surface area contributed by atoms with E-state index in [1.807, 2.05) is 24.3 Å². The first-order chi connectivity index (χ1) is 24.2. The van der Waals surface area contributed by atoms with Crippen molar-refractivity contribution in [2.24, 2.45) is 0 Å². The highest BCUT2D eigenvalue weighted by molar-refractivity contribution is 5.57. The Morgan fingerprint density at radius 2 is 0.547 bits per heavy atom. The minimum Gasteiger partial charge on any atom is -0.508 e. The van der Waals surface area contributed by atoms with Gasteiger partial charge >= 0.3 is 0 Å². The lowest BCUT2D eigenvalue weighted by molar-refractivity contribution is 0.442. The molecule has 0 atom stereocenters. The smallest absolute Gasteiger partial charge is 0.119 e. The summed E-state index contributed by atoms with van der Waals surface area (Å²) in [6.45, 7) is 34.4. The summed E-state index contributed by atoms with van der Waals surface area (Å²) in [5, 5.41) is 44.5. The number of hydrogen-bond donors (Lipinski definition) is 4. The minimum absolute atomic E-state index is 0.0242. The van der Waals surface area contributed by atoms with Crippen LogP contribution in [-0.4, -0.2) is 20.4 Å². The van der Waals surface area contributed by atoms with Gasteiger partial charge in [-0.1, -0.05) is 114 Å². The van der Waals surface area contributed by atoms with Crippen molar-refractivity contribution in [1.29, 1.82) is 0 Å². The fourth-order valence-electron chi connectivity index (χ4n) is 9.63. The molecule has 4 rings (SSSR count). The van der Waals surface area contributed by atoms with Gasteiger partial charge in [0.1, 0.15) is 23.0 Å². The third-order valence-electron chi connectivity index (χ3n) is 11.4. The van der Waals surface area contributed by atoms with Gasteiger partial charge in [-0.2, -0.15) is 0 Å². The van der Waals surface area contributed by atoms with E-state index < -0.39 is 0 Å². The van der Waals surface area contributed by atoms with Crippen molar-refractivity contribution in [3.8, 4) is 23.0 Å². The summed E-state index contributed by atoms with van der Waals surface area (Å²) in [6, 6.07) is 15.9. The van der Waals surface area contributed by atoms with Crippen LogP contribution in [0.3, 0.4) is 0 Å². The van der Waals surface area contributed by atoms with Crippen LogP contribution in [0, 0.1) is 27.7 Å². The quantitative estimate of drug-likeness (QED) is 0.146. The summed E-state index contributed by atoms with van der Waals surface area (Å²) in [7, 11) is 0. The maximum Gasteiger partial charge on any atom is 0.119 e. The molecule has 0 aliphatic rings. The molecule has 4 aromatic rings. The molecule has 4 N–H and O–H groups in total. The lowest BCUT2D eigenvalue weighted by Gasteiger charge is -2.32. The van der Waals surface area contributed by atoms with Crippen molar-refractivity contribution in [2.75, 3.05) is 0 Å². The zero-order chi connectivity index (χ0) is 40.2. The molecule has 0 heterocycles. The highest BCUT2D eigenvalue weighted by Gasteiger charge is 2.32. The van der Waals surface area contributed by atoms with Crippen LogP contribution < -0.4 is 0 Å². The van der Waals surface area contributed by atoms with E-state index in [-0.39, 0.29) is 33.5 Å². The van der Waals surface area contributed by atoms with E-state index in [9.17, 15) is 20.4 Å². The van der Waals surface area contributed by atoms with Crippen molar-refractivity contribution >= 4 is 0 Å². The number of phenolic OH excluding ortho intramolecular Hbond substituents is 4. The summed E-state index contributed by atoms with van der Waals surface area (Å²) in [5.74, 6) is 1.35. The monoisotopic (exact) mass is 721 g/mol. The molecule has 0 spiro atoms. The molecule has 4 nitrogen and oxygen atoms in total. The molecule has 0 aromatic heterocycles. The topological polar surface area (TPSA) is 80.9 Å². The molecular weight excluding hydrogens is 653 g/mol. The zero-order valence-electron chi connectivity index (χ0n) is 35.7. The van der Waals surface area contributed by atoms with E-state index in [2.05, 4.69) is 135 Å². The van der Waals surface area contributed by atoms with Gasteiger partial charge < -0.3 is 20.4 Å². The number of aromatic hydroxyl groups is 4. The van der Waals surface area contributed by atoms with Crippen molar-refractivity contribution in [3.05, 3.63) is 115 Å². The van der Waals surface area contributed by atoms with E-state index in [0.717, 1.165) is 63.8 Å². The second-order valence-corrected chi connectivity index (χ2v) is 19.7. The van der Waals surface area contributed by atoms with Gasteiger partial charge in [0.25, 0.3) is 0 Å². The Morgan fingerprint density at radius 3 is 0.717 bits per heavy atom. The fourth-order valence-corrected chi connectivity index (χ4v) is 9.63. The number of hydrogen-bond acceptors (Lipinski definition) is 4. The zero-order valence-corrected chi connectivity index (χ0v) is 35.7. The maximum absolute atomic E-state index is 11.1. The first-order valence-electron chi connectivity index (χ1n) is 19.5. The molecule has 4 heteroatoms. The van der Waals surface area contributed by atoms with Gasteiger partial charge in [0, 0.05) is 34.1 Å². The highest BCUT2D eigenvalue weighted by atomic mass is 16.3. The van der Waals surface area contributed by atoms with Crippen LogP contribution in [-0.2, 0) is 21.7 Å². The van der Waals surface area contributed by atoms with E-state index in [0.29, 0.717) is 23.0 Å². The lowest BCUT2D eigenvalue weighted by atomic mass is 9.72. The van der Waals surface area contributed by atoms with Crippen LogP contribution in [0.15, 0.2) is 48.5 Å². The summed E-state index contributed by atoms with van der Waals surface area (Å²) in [5.41, 5.74) is 12.1. The van der Waals surface area contributed by atoms with Gasteiger partial charge in [-0.3, -0.25) is 0 Å². The van der Waals surface area contributed by atoms with Gasteiger partial charge in [-0.15, -0.1) is 0 Å². The summed E-state index contributed by atoms with van der Waals surface area (Å²) >= 11 is 0. The summed E-state index contributed by atoms with van der Waals surface area (Å²) in [4.78, 5) is 0. The van der Waals surface area contributed by atoms with Crippen molar-refractivity contribution < 1.29 is 20.4 Å². The Hall–Kier alpha value is -3.92. The SMILES string of the molecule is Cc1c(C(CCCC(c2ccc(O)c(C(C)(C)C)c2C)c2ccc(O)c(C(C)(C)C)c2C)c2ccc(O)c(C(C)(C)C)c2C)ccc(O)c1C(C)(C)C. The average Bonchev–Trinajstić information content (AvgIpc) is 2.97. The van der Waals surface area contributed by atoms with Crippen molar-refractivity contribution in [2.45, 2.75) is 164 Å². The molecule has 0 aliphatic heterocycles. The van der Waals surface area contributed by atoms with Gasteiger partial charge in [0.05, 0.1) is 0 Å². The third-order valence-corrected chi connectivity index (χ3v) is 11.4. The standard InChI is InChI=1S/C49H68O4/c1-28-32(20-24-38(50)42(28)46(5,6)7)36(33-21-25-39(51)43(29(33)2)47(8,9)10)18-17-19-37(34-22-26-40(52)44(30(34)3)48(11,12)13)35-23-27-41(53)45(31(35)4)49(14,15)16/h20-27,36-37,50-53H,17-19H2,1-16H3. The minimum atomic E-state index is -0.247. The van der Waals surface area contributed by atoms with Crippen LogP contribution in [0.25, 0.3) is 0 Å².